The molecule has 4 aromatic heterocycles. The number of furan rings is 1. The molecule has 235 valence electrons. The molecule has 0 saturated heterocycles. The van der Waals surface area contributed by atoms with Crippen molar-refractivity contribution in [2.24, 2.45) is 5.41 Å². The molecule has 0 unspecified atom stereocenters. The van der Waals surface area contributed by atoms with Crippen molar-refractivity contribution in [2.75, 3.05) is 0 Å². The molecule has 0 saturated carbocycles. The number of nitrogens with zero attached hydrogens (tertiary/aromatic N) is 3. The topological polar surface area (TPSA) is 51.8 Å². The summed E-state index contributed by atoms with van der Waals surface area (Å²) in [6.07, 6.45) is 6.15. The van der Waals surface area contributed by atoms with E-state index in [4.69, 9.17) is 9.40 Å². The van der Waals surface area contributed by atoms with E-state index >= 15 is 0 Å². The first-order chi connectivity index (χ1) is 20.8. The molecule has 6 rings (SSSR count). The quantitative estimate of drug-likeness (QED) is 0.129. The Hall–Kier alpha value is -3.51. The van der Waals surface area contributed by atoms with Crippen LogP contribution in [0.25, 0.3) is 44.6 Å². The maximum Gasteiger partial charge on any atom is 0.216 e. The molecule has 7 heteroatoms. The van der Waals surface area contributed by atoms with Gasteiger partial charge in [-0.25, -0.2) is 9.37 Å². The molecule has 0 spiro atoms. The first-order valence-electron chi connectivity index (χ1n) is 15.1. The monoisotopic (exact) mass is 794 g/mol. The van der Waals surface area contributed by atoms with Gasteiger partial charge in [0.05, 0.1) is 19.9 Å². The average molecular weight is 794 g/mol. The molecule has 0 bridgehead atoms. The number of hydrogen-bond donors (Lipinski definition) is 0. The van der Waals surface area contributed by atoms with Gasteiger partial charge in [0, 0.05) is 37.9 Å². The fourth-order valence-corrected chi connectivity index (χ4v) is 6.90. The minimum Gasteiger partial charge on any atom is -0.486 e. The molecule has 4 heterocycles. The Morgan fingerprint density at radius 1 is 0.867 bits per heavy atom. The van der Waals surface area contributed by atoms with Gasteiger partial charge in [0.2, 0.25) is 5.71 Å². The van der Waals surface area contributed by atoms with Crippen LogP contribution in [-0.2, 0) is 26.5 Å². The zero-order chi connectivity index (χ0) is 31.6. The van der Waals surface area contributed by atoms with Crippen LogP contribution < -0.4 is 5.19 Å². The first kappa shape index (κ1) is 34.4. The van der Waals surface area contributed by atoms with Crippen molar-refractivity contribution < 1.29 is 28.9 Å². The van der Waals surface area contributed by atoms with Gasteiger partial charge in [-0.3, -0.25) is 0 Å². The van der Waals surface area contributed by atoms with E-state index in [-0.39, 0.29) is 31.3 Å². The second kappa shape index (κ2) is 13.9. The summed E-state index contributed by atoms with van der Waals surface area (Å²) in [5.74, 6) is 0.0249. The Balaban J connectivity index is 0.000000201. The van der Waals surface area contributed by atoms with Gasteiger partial charge in [-0.2, -0.15) is 0 Å². The van der Waals surface area contributed by atoms with Gasteiger partial charge in [0.25, 0.3) is 0 Å². The van der Waals surface area contributed by atoms with Crippen molar-refractivity contribution >= 4 is 35.3 Å². The molecular formula is C38H40FIrN3OSi-2. The maximum atomic E-state index is 13.5. The fraction of sp³-hybridized carbons (Fsp3) is 0.289. The number of hydrogen-bond acceptors (Lipinski definition) is 4. The molecule has 0 aliphatic heterocycles. The van der Waals surface area contributed by atoms with E-state index in [0.29, 0.717) is 22.6 Å². The van der Waals surface area contributed by atoms with Crippen molar-refractivity contribution in [2.45, 2.75) is 66.6 Å². The van der Waals surface area contributed by atoms with Crippen molar-refractivity contribution in [3.8, 4) is 22.5 Å². The molecule has 4 nitrogen and oxygen atoms in total. The molecule has 0 atom stereocenters. The van der Waals surface area contributed by atoms with E-state index in [9.17, 15) is 4.39 Å². The van der Waals surface area contributed by atoms with E-state index in [1.54, 1.807) is 12.3 Å². The van der Waals surface area contributed by atoms with Gasteiger partial charge in [-0.1, -0.05) is 88.5 Å². The molecule has 0 aliphatic carbocycles. The standard InChI is InChI=1S/C19H14FN2O.C19H26NSi.Ir/c1-11(2)12-6-7-21-17(8-12)15-5-3-4-14-16-9-13(20)10-22-19(16)23-18(14)15;1-19(2,3)13-16-12-17(15-10-8-7-9-11-15)20-14-18(16)21(4,5)6;/h3-4,6-11H,1-2H3;7-10,12,14H,13H2,1-6H3;/q2*-1;. The summed E-state index contributed by atoms with van der Waals surface area (Å²) in [6.45, 7) is 18.4. The van der Waals surface area contributed by atoms with Crippen LogP contribution in [-0.4, -0.2) is 23.0 Å². The molecule has 0 amide bonds. The third-order valence-corrected chi connectivity index (χ3v) is 9.53. The summed E-state index contributed by atoms with van der Waals surface area (Å²) in [4.78, 5) is 13.2. The minimum atomic E-state index is -1.37. The summed E-state index contributed by atoms with van der Waals surface area (Å²) in [7, 11) is -1.37. The van der Waals surface area contributed by atoms with Gasteiger partial charge in [-0.05, 0) is 46.5 Å². The van der Waals surface area contributed by atoms with Crippen molar-refractivity contribution in [3.63, 3.8) is 0 Å². The zero-order valence-corrected chi connectivity index (χ0v) is 30.6. The number of pyridine rings is 3. The second-order valence-electron chi connectivity index (χ2n) is 13.8. The molecule has 6 aromatic rings. The molecule has 1 radical (unpaired) electrons. The predicted octanol–water partition coefficient (Wildman–Crippen LogP) is 9.79. The summed E-state index contributed by atoms with van der Waals surface area (Å²) in [5, 5.41) is 2.96. The van der Waals surface area contributed by atoms with Crippen LogP contribution in [0, 0.1) is 23.4 Å². The van der Waals surface area contributed by atoms with Gasteiger partial charge in [-0.15, -0.1) is 54.1 Å². The van der Waals surface area contributed by atoms with Crippen LogP contribution in [0.2, 0.25) is 19.6 Å². The summed E-state index contributed by atoms with van der Waals surface area (Å²) in [5.41, 5.74) is 7.67. The molecule has 45 heavy (non-hydrogen) atoms. The molecule has 0 fully saturated rings. The number of rotatable bonds is 5. The molecule has 2 aromatic carbocycles. The summed E-state index contributed by atoms with van der Waals surface area (Å²) >= 11 is 0. The Kier molecular flexibility index (Phi) is 10.6. The Morgan fingerprint density at radius 3 is 2.31 bits per heavy atom. The predicted molar refractivity (Wildman–Crippen MR) is 182 cm³/mol. The van der Waals surface area contributed by atoms with Gasteiger partial charge >= 0.3 is 0 Å². The summed E-state index contributed by atoms with van der Waals surface area (Å²) in [6, 6.07) is 26.0. The van der Waals surface area contributed by atoms with Gasteiger partial charge < -0.3 is 14.4 Å². The van der Waals surface area contributed by atoms with Crippen LogP contribution in [0.4, 0.5) is 4.39 Å². The minimum absolute atomic E-state index is 0. The average Bonchev–Trinajstić information content (AvgIpc) is 3.34. The number of fused-ring (bicyclic) bond motifs is 3. The van der Waals surface area contributed by atoms with Crippen LogP contribution >= 0.6 is 0 Å². The largest absolute Gasteiger partial charge is 0.486 e. The normalized spacial score (nSPS) is 11.8. The van der Waals surface area contributed by atoms with Crippen LogP contribution in [0.1, 0.15) is 51.7 Å². The molecule has 0 aliphatic rings. The van der Waals surface area contributed by atoms with E-state index in [1.165, 1.54) is 22.4 Å². The van der Waals surface area contributed by atoms with E-state index < -0.39 is 8.07 Å². The number of halogens is 1. The van der Waals surface area contributed by atoms with Crippen LogP contribution in [0.15, 0.2) is 83.7 Å². The van der Waals surface area contributed by atoms with Crippen molar-refractivity contribution in [1.29, 1.82) is 0 Å². The van der Waals surface area contributed by atoms with E-state index in [2.05, 4.69) is 94.7 Å². The summed E-state index contributed by atoms with van der Waals surface area (Å²) < 4.78 is 19.3. The van der Waals surface area contributed by atoms with Gasteiger partial charge in [0.1, 0.15) is 5.82 Å². The zero-order valence-electron chi connectivity index (χ0n) is 27.3. The van der Waals surface area contributed by atoms with Gasteiger partial charge in [0.15, 0.2) is 0 Å². The Bertz CT molecular complexity index is 1910. The SMILES string of the molecule is CC(C)(C)Cc1cc(-c2[c-]cccc2)ncc1[Si](C)(C)C.CC(C)c1ccnc(-c2[c-]ccc3c2oc2ncc(F)cc23)c1.[Ir]. The Labute approximate surface area is 280 Å². The smallest absolute Gasteiger partial charge is 0.216 e. The first-order valence-corrected chi connectivity index (χ1v) is 18.6. The fourth-order valence-electron chi connectivity index (χ4n) is 5.32. The number of benzene rings is 2. The van der Waals surface area contributed by atoms with E-state index in [1.807, 2.05) is 36.4 Å². The number of aromatic nitrogens is 3. The van der Waals surface area contributed by atoms with Crippen molar-refractivity contribution in [3.05, 3.63) is 108 Å². The van der Waals surface area contributed by atoms with Crippen molar-refractivity contribution in [1.82, 2.24) is 15.0 Å². The maximum absolute atomic E-state index is 13.5. The third kappa shape index (κ3) is 8.21. The Morgan fingerprint density at radius 2 is 1.64 bits per heavy atom. The molecule has 0 N–H and O–H groups in total. The van der Waals surface area contributed by atoms with E-state index in [0.717, 1.165) is 40.5 Å². The van der Waals surface area contributed by atoms with Crippen LogP contribution in [0.3, 0.4) is 0 Å². The second-order valence-corrected chi connectivity index (χ2v) is 18.9. The third-order valence-electron chi connectivity index (χ3n) is 7.47. The van der Waals surface area contributed by atoms with Crippen LogP contribution in [0.5, 0.6) is 0 Å². The molecular weight excluding hydrogens is 754 g/mol.